The Morgan fingerprint density at radius 2 is 2.04 bits per heavy atom. The van der Waals surface area contributed by atoms with E-state index in [2.05, 4.69) is 39.2 Å². The van der Waals surface area contributed by atoms with Gasteiger partial charge < -0.3 is 15.4 Å². The summed E-state index contributed by atoms with van der Waals surface area (Å²) >= 11 is 2.08. The summed E-state index contributed by atoms with van der Waals surface area (Å²) < 4.78 is 5.53. The molecule has 0 aromatic heterocycles. The number of hydrogen-bond acceptors (Lipinski definition) is 4. The molecule has 0 amide bonds. The predicted molar refractivity (Wildman–Crippen MR) is 101 cm³/mol. The summed E-state index contributed by atoms with van der Waals surface area (Å²) in [5, 5.41) is 7.04. The maximum Gasteiger partial charge on any atom is 0.191 e. The molecular weight excluding hydrogens is 308 g/mol. The van der Waals surface area contributed by atoms with E-state index >= 15 is 0 Å². The van der Waals surface area contributed by atoms with Crippen molar-refractivity contribution in [3.8, 4) is 0 Å². The van der Waals surface area contributed by atoms with Gasteiger partial charge in [-0.3, -0.25) is 9.89 Å². The molecule has 0 aromatic rings. The van der Waals surface area contributed by atoms with Gasteiger partial charge in [0.1, 0.15) is 0 Å². The van der Waals surface area contributed by atoms with E-state index < -0.39 is 0 Å². The molecule has 1 atom stereocenters. The highest BCUT2D eigenvalue weighted by Gasteiger charge is 2.40. The second-order valence-electron chi connectivity index (χ2n) is 6.54. The van der Waals surface area contributed by atoms with E-state index in [9.17, 15) is 0 Å². The molecule has 23 heavy (non-hydrogen) atoms. The lowest BCUT2D eigenvalue weighted by molar-refractivity contribution is -0.0120. The van der Waals surface area contributed by atoms with Gasteiger partial charge in [0.05, 0.1) is 13.2 Å². The summed E-state index contributed by atoms with van der Waals surface area (Å²) in [6.45, 7) is 8.11. The van der Waals surface area contributed by atoms with Crippen molar-refractivity contribution in [2.24, 2.45) is 4.99 Å². The highest BCUT2D eigenvalue weighted by Crippen LogP contribution is 2.33. The van der Waals surface area contributed by atoms with E-state index in [0.717, 1.165) is 45.4 Å². The molecule has 5 nitrogen and oxygen atoms in total. The Bertz CT molecular complexity index is 353. The fourth-order valence-electron chi connectivity index (χ4n) is 3.36. The van der Waals surface area contributed by atoms with Crippen molar-refractivity contribution in [3.63, 3.8) is 0 Å². The van der Waals surface area contributed by atoms with E-state index in [1.807, 2.05) is 7.05 Å². The molecule has 2 aliphatic rings. The van der Waals surface area contributed by atoms with Crippen LogP contribution in [0.4, 0.5) is 0 Å². The van der Waals surface area contributed by atoms with E-state index in [-0.39, 0.29) is 5.54 Å². The average molecular weight is 343 g/mol. The number of thioether (sulfide) groups is 1. The van der Waals surface area contributed by atoms with Crippen molar-refractivity contribution in [1.82, 2.24) is 15.5 Å². The van der Waals surface area contributed by atoms with Crippen LogP contribution in [0.3, 0.4) is 0 Å². The van der Waals surface area contributed by atoms with Crippen LogP contribution in [0.1, 0.15) is 39.0 Å². The minimum Gasteiger partial charge on any atom is -0.379 e. The van der Waals surface area contributed by atoms with Crippen LogP contribution in [0.15, 0.2) is 4.99 Å². The van der Waals surface area contributed by atoms with Crippen LogP contribution in [0.5, 0.6) is 0 Å². The number of hydrogen-bond donors (Lipinski definition) is 2. The molecule has 134 valence electrons. The van der Waals surface area contributed by atoms with Crippen LogP contribution in [0, 0.1) is 0 Å². The van der Waals surface area contributed by atoms with Crippen LogP contribution in [-0.2, 0) is 4.74 Å². The minimum atomic E-state index is 0.272. The molecule has 0 saturated carbocycles. The van der Waals surface area contributed by atoms with Gasteiger partial charge in [-0.25, -0.2) is 0 Å². The molecule has 6 heteroatoms. The maximum atomic E-state index is 5.53. The van der Waals surface area contributed by atoms with Crippen molar-refractivity contribution in [3.05, 3.63) is 0 Å². The zero-order valence-corrected chi connectivity index (χ0v) is 15.7. The van der Waals surface area contributed by atoms with Crippen LogP contribution < -0.4 is 10.6 Å². The topological polar surface area (TPSA) is 48.9 Å². The van der Waals surface area contributed by atoms with Gasteiger partial charge >= 0.3 is 0 Å². The Labute approximate surface area is 146 Å². The number of unbranched alkanes of at least 4 members (excludes halogenated alkanes) is 3. The van der Waals surface area contributed by atoms with Crippen molar-refractivity contribution in [2.45, 2.75) is 44.6 Å². The van der Waals surface area contributed by atoms with Crippen molar-refractivity contribution < 1.29 is 4.74 Å². The molecule has 2 saturated heterocycles. The van der Waals surface area contributed by atoms with E-state index in [1.54, 1.807) is 0 Å². The normalized spacial score (nSPS) is 26.4. The lowest BCUT2D eigenvalue weighted by atomic mass is 9.95. The lowest BCUT2D eigenvalue weighted by Gasteiger charge is -2.43. The molecule has 2 N–H and O–H groups in total. The number of ether oxygens (including phenoxy) is 1. The quantitative estimate of drug-likeness (QED) is 0.401. The summed E-state index contributed by atoms with van der Waals surface area (Å²) in [4.78, 5) is 7.02. The van der Waals surface area contributed by atoms with Crippen LogP contribution in [0.25, 0.3) is 0 Å². The smallest absolute Gasteiger partial charge is 0.191 e. The molecule has 2 heterocycles. The summed E-state index contributed by atoms with van der Waals surface area (Å²) in [5.41, 5.74) is 0.272. The third-order valence-corrected chi connectivity index (χ3v) is 6.13. The van der Waals surface area contributed by atoms with Crippen LogP contribution >= 0.6 is 11.8 Å². The summed E-state index contributed by atoms with van der Waals surface area (Å²) in [6.07, 6.45) is 6.39. The first-order chi connectivity index (χ1) is 11.3. The minimum absolute atomic E-state index is 0.272. The van der Waals surface area contributed by atoms with Gasteiger partial charge in [-0.1, -0.05) is 26.2 Å². The molecule has 0 bridgehead atoms. The Morgan fingerprint density at radius 3 is 2.70 bits per heavy atom. The Kier molecular flexibility index (Phi) is 8.55. The molecule has 2 fully saturated rings. The fraction of sp³-hybridized carbons (Fsp3) is 0.941. The number of guanidine groups is 1. The summed E-state index contributed by atoms with van der Waals surface area (Å²) in [5.74, 6) is 3.43. The first-order valence-corrected chi connectivity index (χ1v) is 10.3. The monoisotopic (exact) mass is 342 g/mol. The van der Waals surface area contributed by atoms with Crippen molar-refractivity contribution in [2.75, 3.05) is 57.9 Å². The molecule has 0 radical (unpaired) electrons. The molecule has 0 spiro atoms. The highest BCUT2D eigenvalue weighted by molar-refractivity contribution is 7.99. The second kappa shape index (κ2) is 10.4. The van der Waals surface area contributed by atoms with Gasteiger partial charge in [0.15, 0.2) is 5.96 Å². The van der Waals surface area contributed by atoms with Gasteiger partial charge in [0, 0.05) is 44.5 Å². The Morgan fingerprint density at radius 1 is 1.22 bits per heavy atom. The fourth-order valence-corrected chi connectivity index (χ4v) is 4.84. The standard InChI is InChI=1S/C17H34N4OS/c1-3-4-5-6-8-19-16(18-2)20-14-17(7-13-23-15-17)21-9-11-22-12-10-21/h3-15H2,1-2H3,(H2,18,19,20). The van der Waals surface area contributed by atoms with Crippen molar-refractivity contribution >= 4 is 17.7 Å². The third kappa shape index (κ3) is 5.84. The highest BCUT2D eigenvalue weighted by atomic mass is 32.2. The first kappa shape index (κ1) is 18.9. The number of nitrogens with zero attached hydrogens (tertiary/aromatic N) is 2. The molecule has 0 aliphatic carbocycles. The van der Waals surface area contributed by atoms with Gasteiger partial charge in [-0.2, -0.15) is 11.8 Å². The summed E-state index contributed by atoms with van der Waals surface area (Å²) in [6, 6.07) is 0. The van der Waals surface area contributed by atoms with E-state index in [0.29, 0.717) is 0 Å². The van der Waals surface area contributed by atoms with Gasteiger partial charge in [0.25, 0.3) is 0 Å². The number of nitrogens with one attached hydrogen (secondary N) is 2. The Hall–Kier alpha value is -0.460. The maximum absolute atomic E-state index is 5.53. The van der Waals surface area contributed by atoms with Crippen LogP contribution in [-0.4, -0.2) is 74.3 Å². The van der Waals surface area contributed by atoms with E-state index in [4.69, 9.17) is 4.74 Å². The lowest BCUT2D eigenvalue weighted by Crippen LogP contribution is -2.60. The zero-order chi connectivity index (χ0) is 16.4. The predicted octanol–water partition coefficient (Wildman–Crippen LogP) is 1.94. The van der Waals surface area contributed by atoms with E-state index in [1.165, 1.54) is 43.6 Å². The number of morpholine rings is 1. The first-order valence-electron chi connectivity index (χ1n) is 9.16. The van der Waals surface area contributed by atoms with Gasteiger partial charge in [-0.15, -0.1) is 0 Å². The van der Waals surface area contributed by atoms with Gasteiger partial charge in [-0.05, 0) is 18.6 Å². The van der Waals surface area contributed by atoms with Gasteiger partial charge in [0.2, 0.25) is 0 Å². The summed E-state index contributed by atoms with van der Waals surface area (Å²) in [7, 11) is 1.87. The SMILES string of the molecule is CCCCCCNC(=NC)NCC1(N2CCOCC2)CCSC1. The Balaban J connectivity index is 1.78. The third-order valence-electron chi connectivity index (χ3n) is 4.90. The molecule has 0 aromatic carbocycles. The largest absolute Gasteiger partial charge is 0.379 e. The molecule has 2 rings (SSSR count). The zero-order valence-electron chi connectivity index (χ0n) is 14.9. The number of rotatable bonds is 8. The molecular formula is C17H34N4OS. The molecule has 2 aliphatic heterocycles. The number of aliphatic imine (C=N–C) groups is 1. The van der Waals surface area contributed by atoms with Crippen molar-refractivity contribution in [1.29, 1.82) is 0 Å². The van der Waals surface area contributed by atoms with Crippen LogP contribution in [0.2, 0.25) is 0 Å². The molecule has 1 unspecified atom stereocenters. The average Bonchev–Trinajstić information content (AvgIpc) is 3.08. The second-order valence-corrected chi connectivity index (χ2v) is 7.64.